The molecule has 4 heteroatoms. The monoisotopic (exact) mass is 247 g/mol. The highest BCUT2D eigenvalue weighted by Crippen LogP contribution is 2.06. The van der Waals surface area contributed by atoms with Crippen LogP contribution < -0.4 is 10.6 Å². The highest BCUT2D eigenvalue weighted by Gasteiger charge is 2.17. The first kappa shape index (κ1) is 12.9. The Kier molecular flexibility index (Phi) is 4.59. The van der Waals surface area contributed by atoms with Crippen LogP contribution in [-0.2, 0) is 6.42 Å². The van der Waals surface area contributed by atoms with E-state index in [-0.39, 0.29) is 6.03 Å². The van der Waals surface area contributed by atoms with Crippen LogP contribution in [0, 0.1) is 6.92 Å². The number of nitrogens with zero attached hydrogens (tertiary/aromatic N) is 1. The predicted octanol–water partition coefficient (Wildman–Crippen LogP) is 1.15. The van der Waals surface area contributed by atoms with E-state index in [1.165, 1.54) is 11.1 Å². The maximum Gasteiger partial charge on any atom is 0.317 e. The molecule has 0 radical (unpaired) electrons. The minimum Gasteiger partial charge on any atom is -0.336 e. The molecule has 0 spiro atoms. The van der Waals surface area contributed by atoms with Gasteiger partial charge in [0.25, 0.3) is 0 Å². The number of urea groups is 1. The Hall–Kier alpha value is -1.55. The number of nitrogens with one attached hydrogen (secondary N) is 2. The molecule has 0 aliphatic carbocycles. The molecule has 0 saturated carbocycles. The lowest BCUT2D eigenvalue weighted by molar-refractivity contribution is 0.217. The van der Waals surface area contributed by atoms with Gasteiger partial charge in [0, 0.05) is 26.2 Å². The maximum atomic E-state index is 11.3. The summed E-state index contributed by atoms with van der Waals surface area (Å²) in [4.78, 5) is 13.1. The van der Waals surface area contributed by atoms with E-state index >= 15 is 0 Å². The second-order valence-electron chi connectivity index (χ2n) is 4.65. The lowest BCUT2D eigenvalue weighted by Gasteiger charge is -2.14. The van der Waals surface area contributed by atoms with Gasteiger partial charge < -0.3 is 15.5 Å². The summed E-state index contributed by atoms with van der Waals surface area (Å²) in [7, 11) is 0. The summed E-state index contributed by atoms with van der Waals surface area (Å²) in [6, 6.07) is 8.53. The SMILES string of the molecule is Cc1ccccc1CCNCCN1CCNC1=O. The van der Waals surface area contributed by atoms with E-state index in [0.717, 1.165) is 39.1 Å². The summed E-state index contributed by atoms with van der Waals surface area (Å²) in [5.41, 5.74) is 2.74. The standard InChI is InChI=1S/C14H21N3O/c1-12-4-2-3-5-13(12)6-7-15-8-10-17-11-9-16-14(17)18/h2-5,15H,6-11H2,1H3,(H,16,18). The number of hydrogen-bond donors (Lipinski definition) is 2. The molecule has 2 rings (SSSR count). The number of carbonyl (C=O) groups excluding carboxylic acids is 1. The summed E-state index contributed by atoms with van der Waals surface area (Å²) < 4.78 is 0. The van der Waals surface area contributed by atoms with E-state index in [1.807, 2.05) is 4.90 Å². The third-order valence-corrected chi connectivity index (χ3v) is 3.34. The van der Waals surface area contributed by atoms with Gasteiger partial charge >= 0.3 is 6.03 Å². The van der Waals surface area contributed by atoms with Crippen LogP contribution in [0.3, 0.4) is 0 Å². The van der Waals surface area contributed by atoms with E-state index in [9.17, 15) is 4.79 Å². The molecule has 1 aromatic carbocycles. The number of carbonyl (C=O) groups is 1. The van der Waals surface area contributed by atoms with Crippen molar-refractivity contribution >= 4 is 6.03 Å². The normalized spacial score (nSPS) is 14.9. The van der Waals surface area contributed by atoms with Crippen LogP contribution in [0.1, 0.15) is 11.1 Å². The molecule has 0 aromatic heterocycles. The van der Waals surface area contributed by atoms with E-state index in [1.54, 1.807) is 0 Å². The van der Waals surface area contributed by atoms with Gasteiger partial charge in [0.15, 0.2) is 0 Å². The van der Waals surface area contributed by atoms with E-state index in [0.29, 0.717) is 0 Å². The number of aryl methyl sites for hydroxylation is 1. The highest BCUT2D eigenvalue weighted by molar-refractivity contribution is 5.76. The van der Waals surface area contributed by atoms with Crippen molar-refractivity contribution in [1.29, 1.82) is 0 Å². The lowest BCUT2D eigenvalue weighted by Crippen LogP contribution is -2.35. The zero-order valence-electron chi connectivity index (χ0n) is 10.9. The summed E-state index contributed by atoms with van der Waals surface area (Å²) >= 11 is 0. The molecule has 0 bridgehead atoms. The van der Waals surface area contributed by atoms with Gasteiger partial charge in [-0.3, -0.25) is 0 Å². The van der Waals surface area contributed by atoms with Crippen molar-refractivity contribution in [2.75, 3.05) is 32.7 Å². The molecule has 1 saturated heterocycles. The van der Waals surface area contributed by atoms with Gasteiger partial charge in [0.2, 0.25) is 0 Å². The highest BCUT2D eigenvalue weighted by atomic mass is 16.2. The molecule has 1 aromatic rings. The first-order valence-electron chi connectivity index (χ1n) is 6.55. The Morgan fingerprint density at radius 3 is 2.89 bits per heavy atom. The Morgan fingerprint density at radius 1 is 1.33 bits per heavy atom. The number of rotatable bonds is 6. The van der Waals surface area contributed by atoms with E-state index in [2.05, 4.69) is 41.8 Å². The Morgan fingerprint density at radius 2 is 2.17 bits per heavy atom. The third kappa shape index (κ3) is 3.47. The van der Waals surface area contributed by atoms with Crippen LogP contribution in [0.15, 0.2) is 24.3 Å². The minimum absolute atomic E-state index is 0.0655. The first-order chi connectivity index (χ1) is 8.77. The van der Waals surface area contributed by atoms with Gasteiger partial charge in [-0.15, -0.1) is 0 Å². The number of hydrogen-bond acceptors (Lipinski definition) is 2. The van der Waals surface area contributed by atoms with Crippen LogP contribution in [0.25, 0.3) is 0 Å². The molecule has 0 atom stereocenters. The van der Waals surface area contributed by atoms with Gasteiger partial charge in [0.05, 0.1) is 0 Å². The van der Waals surface area contributed by atoms with Crippen molar-refractivity contribution in [2.24, 2.45) is 0 Å². The third-order valence-electron chi connectivity index (χ3n) is 3.34. The number of amides is 2. The van der Waals surface area contributed by atoms with Crippen molar-refractivity contribution in [1.82, 2.24) is 15.5 Å². The van der Waals surface area contributed by atoms with Gasteiger partial charge in [-0.05, 0) is 31.0 Å². The second-order valence-corrected chi connectivity index (χ2v) is 4.65. The fraction of sp³-hybridized carbons (Fsp3) is 0.500. The molecule has 18 heavy (non-hydrogen) atoms. The summed E-state index contributed by atoms with van der Waals surface area (Å²) in [6.07, 6.45) is 1.04. The average molecular weight is 247 g/mol. The van der Waals surface area contributed by atoms with Gasteiger partial charge in [-0.2, -0.15) is 0 Å². The predicted molar refractivity (Wildman–Crippen MR) is 72.7 cm³/mol. The summed E-state index contributed by atoms with van der Waals surface area (Å²) in [6.45, 7) is 6.36. The molecule has 2 N–H and O–H groups in total. The fourth-order valence-electron chi connectivity index (χ4n) is 2.18. The molecule has 0 unspecified atom stereocenters. The molecular weight excluding hydrogens is 226 g/mol. The topological polar surface area (TPSA) is 44.4 Å². The first-order valence-corrected chi connectivity index (χ1v) is 6.55. The smallest absolute Gasteiger partial charge is 0.317 e. The molecule has 4 nitrogen and oxygen atoms in total. The van der Waals surface area contributed by atoms with Crippen LogP contribution in [0.4, 0.5) is 4.79 Å². The zero-order valence-corrected chi connectivity index (χ0v) is 10.9. The van der Waals surface area contributed by atoms with Crippen molar-refractivity contribution in [3.63, 3.8) is 0 Å². The Labute approximate surface area is 108 Å². The molecule has 1 aliphatic rings. The largest absolute Gasteiger partial charge is 0.336 e. The van der Waals surface area contributed by atoms with Gasteiger partial charge in [-0.25, -0.2) is 4.79 Å². The molecule has 98 valence electrons. The molecule has 1 aliphatic heterocycles. The maximum absolute atomic E-state index is 11.3. The molecular formula is C14H21N3O. The van der Waals surface area contributed by atoms with Crippen molar-refractivity contribution in [2.45, 2.75) is 13.3 Å². The molecule has 2 amide bonds. The summed E-state index contributed by atoms with van der Waals surface area (Å²) in [5.74, 6) is 0. The summed E-state index contributed by atoms with van der Waals surface area (Å²) in [5, 5.41) is 6.19. The molecule has 1 fully saturated rings. The van der Waals surface area contributed by atoms with Gasteiger partial charge in [0.1, 0.15) is 0 Å². The fourth-order valence-corrected chi connectivity index (χ4v) is 2.18. The second kappa shape index (κ2) is 6.40. The minimum atomic E-state index is 0.0655. The Bertz CT molecular complexity index is 406. The Balaban J connectivity index is 1.62. The van der Waals surface area contributed by atoms with E-state index < -0.39 is 0 Å². The van der Waals surface area contributed by atoms with Gasteiger partial charge in [-0.1, -0.05) is 24.3 Å². The average Bonchev–Trinajstić information content (AvgIpc) is 2.77. The van der Waals surface area contributed by atoms with Crippen LogP contribution >= 0.6 is 0 Å². The van der Waals surface area contributed by atoms with Crippen molar-refractivity contribution in [3.05, 3.63) is 35.4 Å². The van der Waals surface area contributed by atoms with Crippen LogP contribution in [-0.4, -0.2) is 43.7 Å². The lowest BCUT2D eigenvalue weighted by atomic mass is 10.1. The van der Waals surface area contributed by atoms with E-state index in [4.69, 9.17) is 0 Å². The van der Waals surface area contributed by atoms with Crippen molar-refractivity contribution < 1.29 is 4.79 Å². The zero-order chi connectivity index (χ0) is 12.8. The van der Waals surface area contributed by atoms with Crippen LogP contribution in [0.2, 0.25) is 0 Å². The van der Waals surface area contributed by atoms with Crippen LogP contribution in [0.5, 0.6) is 0 Å². The number of benzene rings is 1. The van der Waals surface area contributed by atoms with Crippen molar-refractivity contribution in [3.8, 4) is 0 Å². The quantitative estimate of drug-likeness (QED) is 0.741. The molecule has 1 heterocycles.